The SMILES string of the molecule is O=C(C=Cc1ccc(-c2ccc(Cl)cc2Cl)o1)Nc1ccc2c(c1)oc1ccccc12. The molecule has 152 valence electrons. The molecule has 0 saturated carbocycles. The fourth-order valence-corrected chi connectivity index (χ4v) is 3.92. The average Bonchev–Trinajstić information content (AvgIpc) is 3.36. The van der Waals surface area contributed by atoms with E-state index in [0.29, 0.717) is 27.3 Å². The summed E-state index contributed by atoms with van der Waals surface area (Å²) in [4.78, 5) is 12.4. The maximum atomic E-state index is 12.4. The van der Waals surface area contributed by atoms with Gasteiger partial charge in [-0.3, -0.25) is 4.79 Å². The molecule has 4 nitrogen and oxygen atoms in total. The number of hydrogen-bond donors (Lipinski definition) is 1. The molecule has 0 atom stereocenters. The maximum absolute atomic E-state index is 12.4. The zero-order valence-corrected chi connectivity index (χ0v) is 17.6. The summed E-state index contributed by atoms with van der Waals surface area (Å²) in [5.41, 5.74) is 2.91. The number of anilines is 1. The Balaban J connectivity index is 1.31. The fraction of sp³-hybridized carbons (Fsp3) is 0. The first kappa shape index (κ1) is 19.5. The van der Waals surface area contributed by atoms with Crippen LogP contribution in [0.2, 0.25) is 10.0 Å². The molecule has 0 aliphatic carbocycles. The van der Waals surface area contributed by atoms with E-state index in [1.807, 2.05) is 42.5 Å². The van der Waals surface area contributed by atoms with Crippen molar-refractivity contribution in [2.24, 2.45) is 0 Å². The van der Waals surface area contributed by atoms with Gasteiger partial charge in [-0.15, -0.1) is 0 Å². The predicted octanol–water partition coefficient (Wildman–Crippen LogP) is 7.80. The summed E-state index contributed by atoms with van der Waals surface area (Å²) in [6.07, 6.45) is 3.01. The van der Waals surface area contributed by atoms with Crippen LogP contribution in [0.4, 0.5) is 5.69 Å². The monoisotopic (exact) mass is 447 g/mol. The quantitative estimate of drug-likeness (QED) is 0.285. The van der Waals surface area contributed by atoms with E-state index in [9.17, 15) is 4.79 Å². The van der Waals surface area contributed by atoms with Crippen LogP contribution in [0.25, 0.3) is 39.3 Å². The largest absolute Gasteiger partial charge is 0.457 e. The lowest BCUT2D eigenvalue weighted by Gasteiger charge is -2.02. The molecule has 2 heterocycles. The van der Waals surface area contributed by atoms with Crippen LogP contribution in [0, 0.1) is 0 Å². The first-order valence-corrected chi connectivity index (χ1v) is 10.3. The smallest absolute Gasteiger partial charge is 0.248 e. The molecule has 5 rings (SSSR count). The molecule has 0 bridgehead atoms. The van der Waals surface area contributed by atoms with Gasteiger partial charge in [-0.05, 0) is 54.6 Å². The molecule has 1 amide bonds. The van der Waals surface area contributed by atoms with Crippen molar-refractivity contribution in [2.75, 3.05) is 5.32 Å². The molecule has 0 radical (unpaired) electrons. The number of amides is 1. The minimum Gasteiger partial charge on any atom is -0.457 e. The number of benzene rings is 3. The summed E-state index contributed by atoms with van der Waals surface area (Å²) in [6.45, 7) is 0. The highest BCUT2D eigenvalue weighted by molar-refractivity contribution is 6.36. The van der Waals surface area contributed by atoms with Crippen molar-refractivity contribution in [3.8, 4) is 11.3 Å². The van der Waals surface area contributed by atoms with Crippen LogP contribution in [-0.2, 0) is 4.79 Å². The predicted molar refractivity (Wildman–Crippen MR) is 126 cm³/mol. The standard InChI is InChI=1S/C25H15Cl2NO3/c26-15-5-9-20(21(27)13-15)23-11-7-17(30-23)8-12-25(29)28-16-6-10-19-18-3-1-2-4-22(18)31-24(19)14-16/h1-14H,(H,28,29). The number of fused-ring (bicyclic) bond motifs is 3. The zero-order valence-electron chi connectivity index (χ0n) is 16.1. The van der Waals surface area contributed by atoms with E-state index in [1.54, 1.807) is 36.4 Å². The molecule has 31 heavy (non-hydrogen) atoms. The molecule has 0 fully saturated rings. The lowest BCUT2D eigenvalue weighted by Crippen LogP contribution is -2.07. The third-order valence-electron chi connectivity index (χ3n) is 4.87. The van der Waals surface area contributed by atoms with Gasteiger partial charge in [0, 0.05) is 39.2 Å². The van der Waals surface area contributed by atoms with Gasteiger partial charge < -0.3 is 14.2 Å². The van der Waals surface area contributed by atoms with E-state index in [0.717, 1.165) is 27.5 Å². The first-order valence-electron chi connectivity index (χ1n) is 9.52. The molecule has 2 aromatic heterocycles. The van der Waals surface area contributed by atoms with Crippen molar-refractivity contribution in [1.82, 2.24) is 0 Å². The van der Waals surface area contributed by atoms with Crippen LogP contribution < -0.4 is 5.32 Å². The highest BCUT2D eigenvalue weighted by Gasteiger charge is 2.10. The third kappa shape index (κ3) is 3.96. The van der Waals surface area contributed by atoms with E-state index in [-0.39, 0.29) is 5.91 Å². The number of halogens is 2. The van der Waals surface area contributed by atoms with Crippen LogP contribution in [0.1, 0.15) is 5.76 Å². The minimum atomic E-state index is -0.280. The van der Waals surface area contributed by atoms with Gasteiger partial charge >= 0.3 is 0 Å². The van der Waals surface area contributed by atoms with Gasteiger partial charge in [-0.1, -0.05) is 41.4 Å². The molecule has 5 aromatic rings. The van der Waals surface area contributed by atoms with Crippen molar-refractivity contribution in [3.05, 3.63) is 94.7 Å². The minimum absolute atomic E-state index is 0.280. The summed E-state index contributed by atoms with van der Waals surface area (Å²) >= 11 is 12.2. The Bertz CT molecular complexity index is 1460. The van der Waals surface area contributed by atoms with Gasteiger partial charge in [0.2, 0.25) is 5.91 Å². The molecule has 0 aliphatic heterocycles. The molecule has 0 aliphatic rings. The Labute approximate surface area is 187 Å². The van der Waals surface area contributed by atoms with E-state index in [1.165, 1.54) is 6.08 Å². The number of para-hydroxylation sites is 1. The van der Waals surface area contributed by atoms with Crippen LogP contribution >= 0.6 is 23.2 Å². The number of furan rings is 2. The van der Waals surface area contributed by atoms with Crippen molar-refractivity contribution >= 4 is 62.8 Å². The molecule has 0 spiro atoms. The summed E-state index contributed by atoms with van der Waals surface area (Å²) < 4.78 is 11.6. The van der Waals surface area contributed by atoms with Crippen LogP contribution in [-0.4, -0.2) is 5.91 Å². The third-order valence-corrected chi connectivity index (χ3v) is 5.42. The highest BCUT2D eigenvalue weighted by Crippen LogP contribution is 2.32. The number of rotatable bonds is 4. The molecule has 0 saturated heterocycles. The van der Waals surface area contributed by atoms with Crippen LogP contribution in [0.5, 0.6) is 0 Å². The molecule has 6 heteroatoms. The highest BCUT2D eigenvalue weighted by atomic mass is 35.5. The maximum Gasteiger partial charge on any atom is 0.248 e. The topological polar surface area (TPSA) is 55.4 Å². The summed E-state index contributed by atoms with van der Waals surface area (Å²) in [5, 5.41) is 5.94. The van der Waals surface area contributed by atoms with E-state index >= 15 is 0 Å². The Morgan fingerprint density at radius 1 is 0.839 bits per heavy atom. The lowest BCUT2D eigenvalue weighted by molar-refractivity contribution is -0.111. The Kier molecular flexibility index (Phi) is 5.02. The second-order valence-corrected chi connectivity index (χ2v) is 7.80. The van der Waals surface area contributed by atoms with Crippen molar-refractivity contribution < 1.29 is 13.6 Å². The van der Waals surface area contributed by atoms with E-state index in [4.69, 9.17) is 32.0 Å². The van der Waals surface area contributed by atoms with Gasteiger partial charge in [0.05, 0.1) is 5.02 Å². The Morgan fingerprint density at radius 2 is 1.68 bits per heavy atom. The summed E-state index contributed by atoms with van der Waals surface area (Å²) in [7, 11) is 0. The van der Waals surface area contributed by atoms with Gasteiger partial charge in [-0.2, -0.15) is 0 Å². The van der Waals surface area contributed by atoms with Crippen molar-refractivity contribution in [2.45, 2.75) is 0 Å². The van der Waals surface area contributed by atoms with Gasteiger partial charge in [0.15, 0.2) is 0 Å². The van der Waals surface area contributed by atoms with Crippen molar-refractivity contribution in [1.29, 1.82) is 0 Å². The molecule has 1 N–H and O–H groups in total. The first-order chi connectivity index (χ1) is 15.1. The number of hydrogen-bond acceptors (Lipinski definition) is 3. The molecule has 3 aromatic carbocycles. The second kappa shape index (κ2) is 7.99. The normalized spacial score (nSPS) is 11.5. The lowest BCUT2D eigenvalue weighted by atomic mass is 10.1. The number of carbonyl (C=O) groups excluding carboxylic acids is 1. The van der Waals surface area contributed by atoms with Gasteiger partial charge in [0.1, 0.15) is 22.7 Å². The van der Waals surface area contributed by atoms with E-state index < -0.39 is 0 Å². The molecular weight excluding hydrogens is 433 g/mol. The van der Waals surface area contributed by atoms with Crippen LogP contribution in [0.3, 0.4) is 0 Å². The fourth-order valence-electron chi connectivity index (χ4n) is 3.42. The average molecular weight is 448 g/mol. The van der Waals surface area contributed by atoms with E-state index in [2.05, 4.69) is 5.32 Å². The summed E-state index contributed by atoms with van der Waals surface area (Å²) in [6, 6.07) is 22.2. The van der Waals surface area contributed by atoms with Gasteiger partial charge in [0.25, 0.3) is 0 Å². The Morgan fingerprint density at radius 3 is 2.55 bits per heavy atom. The number of carbonyl (C=O) groups is 1. The van der Waals surface area contributed by atoms with Gasteiger partial charge in [-0.25, -0.2) is 0 Å². The Hall–Kier alpha value is -3.47. The van der Waals surface area contributed by atoms with Crippen molar-refractivity contribution in [3.63, 3.8) is 0 Å². The summed E-state index contributed by atoms with van der Waals surface area (Å²) in [5.74, 6) is 0.846. The zero-order chi connectivity index (χ0) is 21.4. The number of nitrogens with one attached hydrogen (secondary N) is 1. The molecular formula is C25H15Cl2NO3. The second-order valence-electron chi connectivity index (χ2n) is 6.96. The molecule has 0 unspecified atom stereocenters. The van der Waals surface area contributed by atoms with Crippen LogP contribution in [0.15, 0.2) is 87.7 Å².